The molecule has 0 bridgehead atoms. The minimum atomic E-state index is -0.187. The Morgan fingerprint density at radius 3 is 2.80 bits per heavy atom. The molecule has 3 aromatic rings. The van der Waals surface area contributed by atoms with Gasteiger partial charge < -0.3 is 0 Å². The first-order chi connectivity index (χ1) is 9.61. The number of rotatable bonds is 3. The van der Waals surface area contributed by atoms with Crippen molar-refractivity contribution < 1.29 is 0 Å². The second kappa shape index (κ2) is 4.86. The van der Waals surface area contributed by atoms with Crippen molar-refractivity contribution in [3.05, 3.63) is 44.9 Å². The van der Waals surface area contributed by atoms with Crippen molar-refractivity contribution in [2.75, 3.05) is 0 Å². The van der Waals surface area contributed by atoms with Gasteiger partial charge in [-0.2, -0.15) is 5.10 Å². The lowest BCUT2D eigenvalue weighted by Crippen LogP contribution is -2.22. The molecule has 0 saturated heterocycles. The first kappa shape index (κ1) is 13.0. The van der Waals surface area contributed by atoms with Gasteiger partial charge in [0.25, 0.3) is 0 Å². The summed E-state index contributed by atoms with van der Waals surface area (Å²) in [4.78, 5) is 16.2. The van der Waals surface area contributed by atoms with Crippen molar-refractivity contribution in [2.24, 2.45) is 7.05 Å². The zero-order valence-electron chi connectivity index (χ0n) is 11.1. The summed E-state index contributed by atoms with van der Waals surface area (Å²) < 4.78 is 5.60. The second-order valence-electron chi connectivity index (χ2n) is 4.43. The molecule has 3 heterocycles. The number of nitrogens with zero attached hydrogens (tertiary/aromatic N) is 6. The maximum Gasteiger partial charge on any atom is 0.350 e. The molecule has 20 heavy (non-hydrogen) atoms. The molecule has 8 heteroatoms. The Morgan fingerprint density at radius 1 is 1.35 bits per heavy atom. The minimum absolute atomic E-state index is 0.187. The highest BCUT2D eigenvalue weighted by atomic mass is 79.9. The lowest BCUT2D eigenvalue weighted by Gasteiger charge is -2.01. The smallest absolute Gasteiger partial charge is 0.269 e. The molecule has 0 saturated carbocycles. The van der Waals surface area contributed by atoms with E-state index in [4.69, 9.17) is 0 Å². The maximum absolute atomic E-state index is 12.2. The number of halogens is 1. The molecule has 0 aliphatic carbocycles. The normalized spacial score (nSPS) is 11.3. The molecule has 0 unspecified atom stereocenters. The molecule has 0 N–H and O–H groups in total. The van der Waals surface area contributed by atoms with Crippen LogP contribution in [-0.4, -0.2) is 28.9 Å². The summed E-state index contributed by atoms with van der Waals surface area (Å²) in [5, 5.41) is 8.68. The molecule has 104 valence electrons. The van der Waals surface area contributed by atoms with Crippen LogP contribution < -0.4 is 5.69 Å². The van der Waals surface area contributed by atoms with E-state index in [1.54, 1.807) is 23.3 Å². The molecule has 0 atom stereocenters. The standard InChI is InChI=1S/C12H13BrN6O/c1-3-8-11(13)9(17(2)15-8)7-19-12(20)18-5-4-14-6-10(18)16-19/h4-6H,3,7H2,1-2H3. The van der Waals surface area contributed by atoms with Crippen LogP contribution in [0, 0.1) is 0 Å². The van der Waals surface area contributed by atoms with Gasteiger partial charge in [0.05, 0.1) is 28.6 Å². The van der Waals surface area contributed by atoms with Gasteiger partial charge in [0.2, 0.25) is 0 Å². The molecule has 3 rings (SSSR count). The highest BCUT2D eigenvalue weighted by Gasteiger charge is 2.15. The van der Waals surface area contributed by atoms with Crippen molar-refractivity contribution in [2.45, 2.75) is 19.9 Å². The highest BCUT2D eigenvalue weighted by molar-refractivity contribution is 9.10. The molecule has 0 amide bonds. The fraction of sp³-hybridized carbons (Fsp3) is 0.333. The van der Waals surface area contributed by atoms with Crippen LogP contribution in [0.4, 0.5) is 0 Å². The van der Waals surface area contributed by atoms with Crippen LogP contribution >= 0.6 is 15.9 Å². The van der Waals surface area contributed by atoms with Crippen LogP contribution in [0.15, 0.2) is 27.9 Å². The average Bonchev–Trinajstić information content (AvgIpc) is 2.91. The summed E-state index contributed by atoms with van der Waals surface area (Å²) in [7, 11) is 1.86. The van der Waals surface area contributed by atoms with Crippen molar-refractivity contribution >= 4 is 21.6 Å². The molecule has 0 spiro atoms. The van der Waals surface area contributed by atoms with Gasteiger partial charge in [-0.3, -0.25) is 9.67 Å². The van der Waals surface area contributed by atoms with Crippen LogP contribution in [0.25, 0.3) is 5.65 Å². The molecule has 0 aromatic carbocycles. The summed E-state index contributed by atoms with van der Waals surface area (Å²) in [6, 6.07) is 0. The van der Waals surface area contributed by atoms with E-state index in [1.807, 2.05) is 14.0 Å². The van der Waals surface area contributed by atoms with Gasteiger partial charge in [0.1, 0.15) is 0 Å². The van der Waals surface area contributed by atoms with Gasteiger partial charge >= 0.3 is 5.69 Å². The number of aryl methyl sites for hydroxylation is 2. The molecule has 3 aromatic heterocycles. The highest BCUT2D eigenvalue weighted by Crippen LogP contribution is 2.21. The molecular weight excluding hydrogens is 324 g/mol. The van der Waals surface area contributed by atoms with Crippen LogP contribution in [0.3, 0.4) is 0 Å². The van der Waals surface area contributed by atoms with E-state index in [2.05, 4.69) is 31.1 Å². The van der Waals surface area contributed by atoms with Gasteiger partial charge in [-0.05, 0) is 22.4 Å². The number of aromatic nitrogens is 6. The van der Waals surface area contributed by atoms with E-state index in [9.17, 15) is 4.79 Å². The lowest BCUT2D eigenvalue weighted by atomic mass is 10.3. The third-order valence-electron chi connectivity index (χ3n) is 3.19. The topological polar surface area (TPSA) is 70.0 Å². The van der Waals surface area contributed by atoms with Crippen molar-refractivity contribution in [3.63, 3.8) is 0 Å². The van der Waals surface area contributed by atoms with E-state index in [1.165, 1.54) is 9.08 Å². The summed E-state index contributed by atoms with van der Waals surface area (Å²) in [6.45, 7) is 2.41. The van der Waals surface area contributed by atoms with E-state index in [-0.39, 0.29) is 5.69 Å². The molecule has 0 radical (unpaired) electrons. The van der Waals surface area contributed by atoms with Gasteiger partial charge in [0, 0.05) is 19.4 Å². The summed E-state index contributed by atoms with van der Waals surface area (Å²) in [6.07, 6.45) is 5.57. The zero-order valence-corrected chi connectivity index (χ0v) is 12.7. The van der Waals surface area contributed by atoms with Crippen molar-refractivity contribution in [1.29, 1.82) is 0 Å². The molecule has 7 nitrogen and oxygen atoms in total. The Labute approximate surface area is 123 Å². The molecule has 0 aliphatic heterocycles. The monoisotopic (exact) mass is 336 g/mol. The number of hydrogen-bond acceptors (Lipinski definition) is 4. The summed E-state index contributed by atoms with van der Waals surface area (Å²) >= 11 is 3.54. The largest absolute Gasteiger partial charge is 0.350 e. The zero-order chi connectivity index (χ0) is 14.3. The van der Waals surface area contributed by atoms with E-state index < -0.39 is 0 Å². The minimum Gasteiger partial charge on any atom is -0.269 e. The summed E-state index contributed by atoms with van der Waals surface area (Å²) in [5.41, 5.74) is 2.24. The fourth-order valence-corrected chi connectivity index (χ4v) is 2.86. The van der Waals surface area contributed by atoms with Crippen molar-refractivity contribution in [1.82, 2.24) is 28.9 Å². The third-order valence-corrected chi connectivity index (χ3v) is 4.11. The maximum atomic E-state index is 12.2. The molecular formula is C12H13BrN6O. The Balaban J connectivity index is 2.08. The second-order valence-corrected chi connectivity index (χ2v) is 5.22. The van der Waals surface area contributed by atoms with Gasteiger partial charge in [0.15, 0.2) is 5.65 Å². The quantitative estimate of drug-likeness (QED) is 0.715. The van der Waals surface area contributed by atoms with E-state index >= 15 is 0 Å². The van der Waals surface area contributed by atoms with E-state index in [0.29, 0.717) is 12.2 Å². The average molecular weight is 337 g/mol. The Hall–Kier alpha value is -1.96. The van der Waals surface area contributed by atoms with Gasteiger partial charge in [-0.15, -0.1) is 5.10 Å². The first-order valence-electron chi connectivity index (χ1n) is 6.21. The van der Waals surface area contributed by atoms with Gasteiger partial charge in [-0.1, -0.05) is 6.92 Å². The lowest BCUT2D eigenvalue weighted by molar-refractivity contribution is 0.600. The Morgan fingerprint density at radius 2 is 2.15 bits per heavy atom. The van der Waals surface area contributed by atoms with Crippen LogP contribution in [0.5, 0.6) is 0 Å². The molecule has 0 fully saturated rings. The summed E-state index contributed by atoms with van der Waals surface area (Å²) in [5.74, 6) is 0. The third kappa shape index (κ3) is 1.96. The van der Waals surface area contributed by atoms with Crippen LogP contribution in [0.1, 0.15) is 18.3 Å². The van der Waals surface area contributed by atoms with Crippen molar-refractivity contribution in [3.8, 4) is 0 Å². The van der Waals surface area contributed by atoms with Gasteiger partial charge in [-0.25, -0.2) is 13.9 Å². The Kier molecular flexibility index (Phi) is 3.17. The number of fused-ring (bicyclic) bond motifs is 1. The van der Waals surface area contributed by atoms with Crippen LogP contribution in [0.2, 0.25) is 0 Å². The van der Waals surface area contributed by atoms with E-state index in [0.717, 1.165) is 22.3 Å². The predicted molar refractivity (Wildman–Crippen MR) is 76.6 cm³/mol. The number of hydrogen-bond donors (Lipinski definition) is 0. The molecule has 0 aliphatic rings. The fourth-order valence-electron chi connectivity index (χ4n) is 2.12. The Bertz CT molecular complexity index is 830. The first-order valence-corrected chi connectivity index (χ1v) is 7.00. The SMILES string of the molecule is CCc1nn(C)c(Cn2nc3cnccn3c2=O)c1Br. The predicted octanol–water partition coefficient (Wildman–Crippen LogP) is 0.998. The van der Waals surface area contributed by atoms with Crippen LogP contribution in [-0.2, 0) is 20.0 Å².